The number of nitrogens with zero attached hydrogens (tertiary/aromatic N) is 2. The predicted octanol–water partition coefficient (Wildman–Crippen LogP) is 1.31. The third-order valence-electron chi connectivity index (χ3n) is 1.97. The molecule has 2 rings (SSSR count). The van der Waals surface area contributed by atoms with E-state index in [0.717, 1.165) is 0 Å². The van der Waals surface area contributed by atoms with E-state index in [1.807, 2.05) is 12.1 Å². The topological polar surface area (TPSA) is 69.5 Å². The molecule has 15 heavy (non-hydrogen) atoms. The van der Waals surface area contributed by atoms with E-state index >= 15 is 0 Å². The molecule has 0 aliphatic rings. The highest BCUT2D eigenvalue weighted by Gasteiger charge is 2.02. The van der Waals surface area contributed by atoms with Crippen molar-refractivity contribution in [2.24, 2.45) is 0 Å². The molecule has 0 aromatic carbocycles. The smallest absolute Gasteiger partial charge is 0.266 e. The van der Waals surface area contributed by atoms with Gasteiger partial charge in [0.05, 0.1) is 11.4 Å². The predicted molar refractivity (Wildman–Crippen MR) is 55.0 cm³/mol. The van der Waals surface area contributed by atoms with Crippen molar-refractivity contribution >= 4 is 0 Å². The third-order valence-corrected chi connectivity index (χ3v) is 1.97. The van der Waals surface area contributed by atoms with Crippen molar-refractivity contribution < 1.29 is 0 Å². The van der Waals surface area contributed by atoms with E-state index in [1.165, 1.54) is 6.07 Å². The maximum Gasteiger partial charge on any atom is 0.266 e. The van der Waals surface area contributed by atoms with Crippen LogP contribution in [-0.4, -0.2) is 9.97 Å². The molecular weight excluding hydrogens is 190 g/mol. The maximum absolute atomic E-state index is 11.3. The van der Waals surface area contributed by atoms with E-state index in [1.54, 1.807) is 24.4 Å². The Morgan fingerprint density at radius 2 is 2.13 bits per heavy atom. The lowest BCUT2D eigenvalue weighted by Gasteiger charge is -1.99. The van der Waals surface area contributed by atoms with Crippen LogP contribution < -0.4 is 5.56 Å². The second-order valence-electron chi connectivity index (χ2n) is 2.94. The standard InChI is InChI=1S/C11H7N3O/c12-7-8-4-5-10(14-11(8)15)9-3-1-2-6-13-9/h1-6H,(H,14,15). The number of H-pyrrole nitrogens is 1. The van der Waals surface area contributed by atoms with Gasteiger partial charge >= 0.3 is 0 Å². The van der Waals surface area contributed by atoms with Crippen molar-refractivity contribution in [3.8, 4) is 17.5 Å². The Kier molecular flexibility index (Phi) is 2.30. The van der Waals surface area contributed by atoms with Gasteiger partial charge in [0.25, 0.3) is 5.56 Å². The summed E-state index contributed by atoms with van der Waals surface area (Å²) < 4.78 is 0. The molecule has 2 aromatic heterocycles. The highest BCUT2D eigenvalue weighted by atomic mass is 16.1. The molecule has 0 unspecified atom stereocenters. The van der Waals surface area contributed by atoms with Crippen LogP contribution in [0.3, 0.4) is 0 Å². The fraction of sp³-hybridized carbons (Fsp3) is 0. The van der Waals surface area contributed by atoms with Gasteiger partial charge in [-0.2, -0.15) is 5.26 Å². The summed E-state index contributed by atoms with van der Waals surface area (Å²) in [5.74, 6) is 0. The average Bonchev–Trinajstić information content (AvgIpc) is 2.30. The van der Waals surface area contributed by atoms with E-state index in [2.05, 4.69) is 9.97 Å². The first-order valence-electron chi connectivity index (χ1n) is 4.36. The zero-order valence-electron chi connectivity index (χ0n) is 7.77. The van der Waals surface area contributed by atoms with Gasteiger partial charge in [-0.15, -0.1) is 0 Å². The van der Waals surface area contributed by atoms with Crippen molar-refractivity contribution in [3.05, 3.63) is 52.4 Å². The van der Waals surface area contributed by atoms with Crippen molar-refractivity contribution in [1.29, 1.82) is 5.26 Å². The molecule has 72 valence electrons. The van der Waals surface area contributed by atoms with E-state index < -0.39 is 0 Å². The van der Waals surface area contributed by atoms with Gasteiger partial charge in [0, 0.05) is 6.20 Å². The second kappa shape index (κ2) is 3.76. The Balaban J connectivity index is 2.54. The molecule has 0 bridgehead atoms. The molecule has 2 aromatic rings. The molecule has 0 spiro atoms. The van der Waals surface area contributed by atoms with Gasteiger partial charge in [-0.25, -0.2) is 0 Å². The molecule has 0 atom stereocenters. The fourth-order valence-electron chi connectivity index (χ4n) is 1.23. The van der Waals surface area contributed by atoms with Crippen LogP contribution in [0.4, 0.5) is 0 Å². The number of pyridine rings is 2. The first kappa shape index (κ1) is 9.16. The molecule has 2 heterocycles. The number of hydrogen-bond acceptors (Lipinski definition) is 3. The number of aromatic amines is 1. The van der Waals surface area contributed by atoms with Crippen LogP contribution in [0.15, 0.2) is 41.3 Å². The van der Waals surface area contributed by atoms with Crippen LogP contribution in [0.25, 0.3) is 11.4 Å². The van der Waals surface area contributed by atoms with Crippen LogP contribution >= 0.6 is 0 Å². The lowest BCUT2D eigenvalue weighted by Crippen LogP contribution is -2.10. The SMILES string of the molecule is N#Cc1ccc(-c2ccccn2)[nH]c1=O. The normalized spacial score (nSPS) is 9.53. The van der Waals surface area contributed by atoms with E-state index in [-0.39, 0.29) is 11.1 Å². The molecule has 4 nitrogen and oxygen atoms in total. The summed E-state index contributed by atoms with van der Waals surface area (Å²) in [4.78, 5) is 18.0. The van der Waals surface area contributed by atoms with Crippen LogP contribution in [0, 0.1) is 11.3 Å². The van der Waals surface area contributed by atoms with Crippen molar-refractivity contribution in [2.45, 2.75) is 0 Å². The summed E-state index contributed by atoms with van der Waals surface area (Å²) in [6.45, 7) is 0. The Hall–Kier alpha value is -2.41. The van der Waals surface area contributed by atoms with E-state index in [0.29, 0.717) is 11.4 Å². The third kappa shape index (κ3) is 1.76. The summed E-state index contributed by atoms with van der Waals surface area (Å²) in [6, 6.07) is 10.4. The summed E-state index contributed by atoms with van der Waals surface area (Å²) in [6.07, 6.45) is 1.64. The molecule has 0 fully saturated rings. The Labute approximate surface area is 85.8 Å². The molecule has 0 amide bonds. The van der Waals surface area contributed by atoms with E-state index in [4.69, 9.17) is 5.26 Å². The number of nitriles is 1. The second-order valence-corrected chi connectivity index (χ2v) is 2.94. The molecule has 4 heteroatoms. The minimum Gasteiger partial charge on any atom is -0.319 e. The van der Waals surface area contributed by atoms with Crippen molar-refractivity contribution in [1.82, 2.24) is 9.97 Å². The largest absolute Gasteiger partial charge is 0.319 e. The summed E-state index contributed by atoms with van der Waals surface area (Å²) in [5, 5.41) is 8.59. The maximum atomic E-state index is 11.3. The molecule has 0 aliphatic carbocycles. The highest BCUT2D eigenvalue weighted by Crippen LogP contribution is 2.10. The minimum atomic E-state index is -0.388. The fourth-order valence-corrected chi connectivity index (χ4v) is 1.23. The minimum absolute atomic E-state index is 0.106. The first-order valence-corrected chi connectivity index (χ1v) is 4.36. The van der Waals surface area contributed by atoms with Gasteiger partial charge in [-0.05, 0) is 24.3 Å². The zero-order chi connectivity index (χ0) is 10.7. The summed E-state index contributed by atoms with van der Waals surface area (Å²) in [7, 11) is 0. The average molecular weight is 197 g/mol. The molecule has 0 aliphatic heterocycles. The zero-order valence-corrected chi connectivity index (χ0v) is 7.77. The van der Waals surface area contributed by atoms with Crippen LogP contribution in [-0.2, 0) is 0 Å². The van der Waals surface area contributed by atoms with Gasteiger partial charge in [-0.3, -0.25) is 9.78 Å². The molecule has 0 saturated heterocycles. The summed E-state index contributed by atoms with van der Waals surface area (Å²) in [5.41, 5.74) is 1.01. The van der Waals surface area contributed by atoms with Crippen molar-refractivity contribution in [3.63, 3.8) is 0 Å². The highest BCUT2D eigenvalue weighted by molar-refractivity contribution is 5.54. The number of rotatable bonds is 1. The monoisotopic (exact) mass is 197 g/mol. The summed E-state index contributed by atoms with van der Waals surface area (Å²) >= 11 is 0. The van der Waals surface area contributed by atoms with Gasteiger partial charge in [0.2, 0.25) is 0 Å². The molecule has 1 N–H and O–H groups in total. The van der Waals surface area contributed by atoms with Gasteiger partial charge in [0.1, 0.15) is 11.6 Å². The lowest BCUT2D eigenvalue weighted by molar-refractivity contribution is 1.18. The number of aromatic nitrogens is 2. The molecular formula is C11H7N3O. The van der Waals surface area contributed by atoms with Crippen molar-refractivity contribution in [2.75, 3.05) is 0 Å². The Morgan fingerprint density at radius 1 is 1.27 bits per heavy atom. The Morgan fingerprint density at radius 3 is 2.73 bits per heavy atom. The molecule has 0 radical (unpaired) electrons. The lowest BCUT2D eigenvalue weighted by atomic mass is 10.2. The van der Waals surface area contributed by atoms with Gasteiger partial charge < -0.3 is 4.98 Å². The van der Waals surface area contributed by atoms with Crippen LogP contribution in [0.1, 0.15) is 5.56 Å². The van der Waals surface area contributed by atoms with Crippen LogP contribution in [0.2, 0.25) is 0 Å². The van der Waals surface area contributed by atoms with Gasteiger partial charge in [0.15, 0.2) is 0 Å². The molecule has 0 saturated carbocycles. The first-order chi connectivity index (χ1) is 7.31. The number of hydrogen-bond donors (Lipinski definition) is 1. The van der Waals surface area contributed by atoms with Crippen LogP contribution in [0.5, 0.6) is 0 Å². The number of nitrogens with one attached hydrogen (secondary N) is 1. The quantitative estimate of drug-likeness (QED) is 0.749. The Bertz CT molecular complexity index is 566. The van der Waals surface area contributed by atoms with E-state index in [9.17, 15) is 4.79 Å². The van der Waals surface area contributed by atoms with Gasteiger partial charge in [-0.1, -0.05) is 6.07 Å².